The Morgan fingerprint density at radius 1 is 1.03 bits per heavy atom. The second-order valence-electron chi connectivity index (χ2n) is 9.50. The third kappa shape index (κ3) is 7.69. The van der Waals surface area contributed by atoms with Gasteiger partial charge in [-0.3, -0.25) is 14.5 Å². The van der Waals surface area contributed by atoms with Crippen molar-refractivity contribution < 1.29 is 27.2 Å². The molecule has 0 unspecified atom stereocenters. The molecule has 0 aromatic heterocycles. The summed E-state index contributed by atoms with van der Waals surface area (Å²) in [6.45, 7) is 3.32. The third-order valence-electron chi connectivity index (χ3n) is 6.74. The number of hydrogen-bond acceptors (Lipinski definition) is 3. The molecule has 1 aliphatic carbocycles. The van der Waals surface area contributed by atoms with E-state index in [1.165, 1.54) is 0 Å². The highest BCUT2D eigenvalue weighted by Crippen LogP contribution is 2.31. The maximum atomic E-state index is 13.0. The van der Waals surface area contributed by atoms with Crippen LogP contribution in [0.5, 0.6) is 0 Å². The molecule has 1 heterocycles. The first kappa shape index (κ1) is 25.5. The summed E-state index contributed by atoms with van der Waals surface area (Å²) in [5.41, 5.74) is -1.40. The third-order valence-corrected chi connectivity index (χ3v) is 6.74. The van der Waals surface area contributed by atoms with Crippen LogP contribution in [0.4, 0.5) is 17.6 Å². The van der Waals surface area contributed by atoms with Gasteiger partial charge < -0.3 is 10.6 Å². The number of hydrogen-bond donors (Lipinski definition) is 2. The molecule has 1 aromatic rings. The molecule has 184 valence electrons. The molecule has 2 N–H and O–H groups in total. The van der Waals surface area contributed by atoms with E-state index in [1.54, 1.807) is 0 Å². The van der Waals surface area contributed by atoms with Gasteiger partial charge in [-0.05, 0) is 87.2 Å². The van der Waals surface area contributed by atoms with Crippen molar-refractivity contribution in [2.24, 2.45) is 11.8 Å². The first-order chi connectivity index (χ1) is 15.6. The summed E-state index contributed by atoms with van der Waals surface area (Å²) in [5, 5.41) is 5.82. The van der Waals surface area contributed by atoms with Crippen LogP contribution in [0.1, 0.15) is 66.9 Å². The predicted octanol–water partition coefficient (Wildman–Crippen LogP) is 4.31. The Morgan fingerprint density at radius 2 is 1.70 bits per heavy atom. The van der Waals surface area contributed by atoms with Crippen LogP contribution in [0.25, 0.3) is 0 Å². The minimum atomic E-state index is -4.64. The van der Waals surface area contributed by atoms with Crippen molar-refractivity contribution in [2.45, 2.75) is 64.3 Å². The average Bonchev–Trinajstić information content (AvgIpc) is 2.79. The lowest BCUT2D eigenvalue weighted by atomic mass is 9.87. The van der Waals surface area contributed by atoms with E-state index in [2.05, 4.69) is 22.5 Å². The van der Waals surface area contributed by atoms with Gasteiger partial charge in [-0.2, -0.15) is 13.2 Å². The molecule has 1 saturated carbocycles. The predicted molar refractivity (Wildman–Crippen MR) is 117 cm³/mol. The van der Waals surface area contributed by atoms with E-state index in [4.69, 9.17) is 0 Å². The monoisotopic (exact) mass is 471 g/mol. The van der Waals surface area contributed by atoms with Gasteiger partial charge in [0.25, 0.3) is 5.91 Å². The number of alkyl halides is 4. The minimum Gasteiger partial charge on any atom is -0.352 e. The van der Waals surface area contributed by atoms with E-state index in [9.17, 15) is 27.2 Å². The fourth-order valence-corrected chi connectivity index (χ4v) is 4.63. The Kier molecular flexibility index (Phi) is 8.73. The van der Waals surface area contributed by atoms with Gasteiger partial charge in [0.1, 0.15) is 6.67 Å². The van der Waals surface area contributed by atoms with Crippen molar-refractivity contribution >= 4 is 11.8 Å². The van der Waals surface area contributed by atoms with Crippen molar-refractivity contribution in [2.75, 3.05) is 26.2 Å². The van der Waals surface area contributed by atoms with Gasteiger partial charge in [-0.1, -0.05) is 6.92 Å². The molecule has 0 atom stereocenters. The number of carbonyl (C=O) groups excluding carboxylic acids is 2. The average molecular weight is 472 g/mol. The number of nitrogens with zero attached hydrogens (tertiary/aromatic N) is 1. The molecule has 9 heteroatoms. The summed E-state index contributed by atoms with van der Waals surface area (Å²) in [4.78, 5) is 26.8. The fraction of sp³-hybridized carbons (Fsp3) is 0.667. The van der Waals surface area contributed by atoms with Crippen LogP contribution < -0.4 is 10.6 Å². The molecular weight excluding hydrogens is 438 g/mol. The molecule has 1 aliphatic heterocycles. The molecule has 2 amide bonds. The van der Waals surface area contributed by atoms with E-state index < -0.39 is 24.3 Å². The van der Waals surface area contributed by atoms with E-state index in [-0.39, 0.29) is 29.0 Å². The first-order valence-electron chi connectivity index (χ1n) is 11.7. The van der Waals surface area contributed by atoms with Gasteiger partial charge in [-0.25, -0.2) is 4.39 Å². The molecule has 2 fully saturated rings. The smallest absolute Gasteiger partial charge is 0.352 e. The molecular formula is C24H33F4N3O2. The highest BCUT2D eigenvalue weighted by atomic mass is 19.4. The number of piperidine rings is 1. The second kappa shape index (κ2) is 11.3. The van der Waals surface area contributed by atoms with Gasteiger partial charge in [0.05, 0.1) is 12.1 Å². The summed E-state index contributed by atoms with van der Waals surface area (Å²) in [7, 11) is 0. The van der Waals surface area contributed by atoms with E-state index >= 15 is 0 Å². The summed E-state index contributed by atoms with van der Waals surface area (Å²) < 4.78 is 52.0. The Labute approximate surface area is 192 Å². The summed E-state index contributed by atoms with van der Waals surface area (Å²) >= 11 is 0. The molecule has 33 heavy (non-hydrogen) atoms. The molecule has 5 nitrogen and oxygen atoms in total. The van der Waals surface area contributed by atoms with Gasteiger partial charge in [-0.15, -0.1) is 0 Å². The topological polar surface area (TPSA) is 61.4 Å². The quantitative estimate of drug-likeness (QED) is 0.583. The van der Waals surface area contributed by atoms with Crippen LogP contribution in [0.2, 0.25) is 0 Å². The Morgan fingerprint density at radius 3 is 2.30 bits per heavy atom. The number of nitrogens with one attached hydrogen (secondary N) is 2. The molecule has 0 radical (unpaired) electrons. The minimum absolute atomic E-state index is 0.0505. The largest absolute Gasteiger partial charge is 0.416 e. The zero-order chi connectivity index (χ0) is 24.0. The second-order valence-corrected chi connectivity index (χ2v) is 9.50. The van der Waals surface area contributed by atoms with Crippen LogP contribution in [0.15, 0.2) is 18.2 Å². The number of rotatable bonds is 7. The van der Waals surface area contributed by atoms with Crippen LogP contribution >= 0.6 is 0 Å². The van der Waals surface area contributed by atoms with Gasteiger partial charge in [0, 0.05) is 18.2 Å². The molecule has 1 aromatic carbocycles. The van der Waals surface area contributed by atoms with E-state index in [1.807, 2.05) is 0 Å². The standard InChI is InChI=1S/C24H33F4N3O2/c1-16-2-4-21(5-3-16)30-22(32)15-31-8-6-17(7-9-31)14-29-23(33)19-10-18(13-25)11-20(12-19)24(26,27)28/h10-12,16-17,21H,2-9,13-15H2,1H3,(H,29,33)(H,30,32)/t16-,21-. The number of likely N-dealkylation sites (tertiary alicyclic amines) is 1. The summed E-state index contributed by atoms with van der Waals surface area (Å²) in [6, 6.07) is 2.90. The van der Waals surface area contributed by atoms with Crippen molar-refractivity contribution in [1.82, 2.24) is 15.5 Å². The summed E-state index contributed by atoms with van der Waals surface area (Å²) in [6.07, 6.45) is 1.30. The Bertz CT molecular complexity index is 814. The summed E-state index contributed by atoms with van der Waals surface area (Å²) in [5.74, 6) is 0.325. The Hall–Kier alpha value is -2.16. The normalized spacial score (nSPS) is 22.7. The van der Waals surface area contributed by atoms with E-state index in [0.29, 0.717) is 13.1 Å². The fourth-order valence-electron chi connectivity index (χ4n) is 4.63. The lowest BCUT2D eigenvalue weighted by Crippen LogP contribution is -2.46. The maximum absolute atomic E-state index is 13.0. The molecule has 1 saturated heterocycles. The number of amides is 2. The van der Waals surface area contributed by atoms with Gasteiger partial charge in [0.2, 0.25) is 5.91 Å². The van der Waals surface area contributed by atoms with Crippen molar-refractivity contribution in [3.63, 3.8) is 0 Å². The van der Waals surface area contributed by atoms with Crippen molar-refractivity contribution in [1.29, 1.82) is 0 Å². The van der Waals surface area contributed by atoms with Crippen LogP contribution in [0, 0.1) is 11.8 Å². The number of carbonyl (C=O) groups is 2. The van der Waals surface area contributed by atoms with Gasteiger partial charge in [0.15, 0.2) is 0 Å². The van der Waals surface area contributed by atoms with Crippen LogP contribution in [-0.2, 0) is 17.6 Å². The lowest BCUT2D eigenvalue weighted by Gasteiger charge is -2.32. The van der Waals surface area contributed by atoms with Crippen molar-refractivity contribution in [3.05, 3.63) is 34.9 Å². The van der Waals surface area contributed by atoms with E-state index in [0.717, 1.165) is 75.7 Å². The zero-order valence-corrected chi connectivity index (χ0v) is 19.0. The first-order valence-corrected chi connectivity index (χ1v) is 11.7. The SMILES string of the molecule is C[C@H]1CC[C@H](NC(=O)CN2CCC(CNC(=O)c3cc(CF)cc(C(F)(F)F)c3)CC2)CC1. The highest BCUT2D eigenvalue weighted by molar-refractivity contribution is 5.94. The van der Waals surface area contributed by atoms with Crippen LogP contribution in [-0.4, -0.2) is 48.9 Å². The number of halogens is 4. The van der Waals surface area contributed by atoms with Crippen LogP contribution in [0.3, 0.4) is 0 Å². The molecule has 3 rings (SSSR count). The zero-order valence-electron chi connectivity index (χ0n) is 19.0. The molecule has 0 bridgehead atoms. The lowest BCUT2D eigenvalue weighted by molar-refractivity contribution is -0.137. The Balaban J connectivity index is 1.41. The molecule has 2 aliphatic rings. The van der Waals surface area contributed by atoms with Crippen molar-refractivity contribution in [3.8, 4) is 0 Å². The maximum Gasteiger partial charge on any atom is 0.416 e. The molecule has 0 spiro atoms. The highest BCUT2D eigenvalue weighted by Gasteiger charge is 2.32. The number of benzene rings is 1. The van der Waals surface area contributed by atoms with Gasteiger partial charge >= 0.3 is 6.18 Å².